The Morgan fingerprint density at radius 3 is 3.21 bits per heavy atom. The molecule has 2 heterocycles. The van der Waals surface area contributed by atoms with Crippen LogP contribution in [-0.4, -0.2) is 24.5 Å². The maximum atomic E-state index is 12.9. The van der Waals surface area contributed by atoms with E-state index in [1.54, 1.807) is 7.05 Å². The molecule has 0 radical (unpaired) electrons. The third-order valence-corrected chi connectivity index (χ3v) is 2.20. The van der Waals surface area contributed by atoms with Gasteiger partial charge >= 0.3 is 0 Å². The van der Waals surface area contributed by atoms with Gasteiger partial charge < -0.3 is 10.2 Å². The van der Waals surface area contributed by atoms with Crippen molar-refractivity contribution in [2.45, 2.75) is 6.42 Å². The molecule has 1 aromatic heterocycles. The minimum absolute atomic E-state index is 0.0383. The lowest BCUT2D eigenvalue weighted by Crippen LogP contribution is -2.25. The van der Waals surface area contributed by atoms with Gasteiger partial charge in [-0.15, -0.1) is 0 Å². The van der Waals surface area contributed by atoms with E-state index in [4.69, 9.17) is 0 Å². The average Bonchev–Trinajstić information content (AvgIpc) is 2.30. The topological polar surface area (TPSA) is 45.2 Å². The van der Waals surface area contributed by atoms with Crippen molar-refractivity contribution >= 4 is 17.4 Å². The van der Waals surface area contributed by atoms with Crippen LogP contribution in [0.2, 0.25) is 0 Å². The summed E-state index contributed by atoms with van der Waals surface area (Å²) in [6, 6.07) is 1.30. The molecule has 0 bridgehead atoms. The van der Waals surface area contributed by atoms with E-state index in [0.29, 0.717) is 24.5 Å². The van der Waals surface area contributed by atoms with Gasteiger partial charge in [0, 0.05) is 26.1 Å². The minimum Gasteiger partial charge on any atom is -0.368 e. The maximum Gasteiger partial charge on any atom is 0.228 e. The fourth-order valence-electron chi connectivity index (χ4n) is 1.41. The predicted molar refractivity (Wildman–Crippen MR) is 50.7 cm³/mol. The highest BCUT2D eigenvalue weighted by Crippen LogP contribution is 2.25. The first-order valence-electron chi connectivity index (χ1n) is 4.34. The number of nitrogens with one attached hydrogen (secondary N) is 1. The second kappa shape index (κ2) is 3.25. The van der Waals surface area contributed by atoms with Gasteiger partial charge in [0.1, 0.15) is 11.6 Å². The molecule has 14 heavy (non-hydrogen) atoms. The highest BCUT2D eigenvalue weighted by atomic mass is 19.1. The Hall–Kier alpha value is -1.65. The molecular weight excluding hydrogens is 185 g/mol. The molecule has 2 rings (SSSR count). The van der Waals surface area contributed by atoms with Crippen LogP contribution in [0.15, 0.2) is 12.3 Å². The van der Waals surface area contributed by atoms with E-state index < -0.39 is 5.82 Å². The molecule has 5 heteroatoms. The van der Waals surface area contributed by atoms with Gasteiger partial charge in [0.15, 0.2) is 0 Å². The zero-order valence-electron chi connectivity index (χ0n) is 7.75. The summed E-state index contributed by atoms with van der Waals surface area (Å²) in [6.45, 7) is 0.537. The average molecular weight is 195 g/mol. The molecule has 0 unspecified atom stereocenters. The number of anilines is 2. The molecule has 1 aliphatic heterocycles. The molecule has 1 aromatic rings. The standard InChI is InChI=1S/C9H10FN3O/c1-13-7-4-6(10)5-12-9(7)11-3-2-8(13)14/h4-5H,2-3H2,1H3,(H,11,12). The number of fused-ring (bicyclic) bond motifs is 1. The van der Waals surface area contributed by atoms with E-state index in [1.165, 1.54) is 11.0 Å². The van der Waals surface area contributed by atoms with E-state index in [-0.39, 0.29) is 5.91 Å². The van der Waals surface area contributed by atoms with Crippen molar-refractivity contribution in [2.24, 2.45) is 0 Å². The summed E-state index contributed by atoms with van der Waals surface area (Å²) >= 11 is 0. The summed E-state index contributed by atoms with van der Waals surface area (Å²) in [5.41, 5.74) is 0.493. The van der Waals surface area contributed by atoms with Gasteiger partial charge in [0.25, 0.3) is 0 Å². The van der Waals surface area contributed by atoms with E-state index in [1.807, 2.05) is 0 Å². The third kappa shape index (κ3) is 1.41. The monoisotopic (exact) mass is 195 g/mol. The van der Waals surface area contributed by atoms with Crippen LogP contribution in [0.1, 0.15) is 6.42 Å². The van der Waals surface area contributed by atoms with Crippen molar-refractivity contribution < 1.29 is 9.18 Å². The Morgan fingerprint density at radius 2 is 2.43 bits per heavy atom. The number of carbonyl (C=O) groups is 1. The zero-order chi connectivity index (χ0) is 10.1. The number of hydrogen-bond acceptors (Lipinski definition) is 3. The lowest BCUT2D eigenvalue weighted by Gasteiger charge is -2.15. The first kappa shape index (κ1) is 8.93. The van der Waals surface area contributed by atoms with Crippen LogP contribution in [0, 0.1) is 5.82 Å². The summed E-state index contributed by atoms with van der Waals surface area (Å²) in [6.07, 6.45) is 1.53. The molecule has 0 saturated heterocycles. The van der Waals surface area contributed by atoms with Gasteiger partial charge in [-0.25, -0.2) is 9.37 Å². The summed E-state index contributed by atoms with van der Waals surface area (Å²) in [7, 11) is 1.62. The van der Waals surface area contributed by atoms with Gasteiger partial charge in [0.05, 0.1) is 11.9 Å². The first-order valence-corrected chi connectivity index (χ1v) is 4.34. The number of amides is 1. The zero-order valence-corrected chi connectivity index (χ0v) is 7.75. The van der Waals surface area contributed by atoms with Crippen molar-refractivity contribution in [2.75, 3.05) is 23.8 Å². The number of nitrogens with zero attached hydrogens (tertiary/aromatic N) is 2. The molecule has 1 amide bonds. The normalized spacial score (nSPS) is 15.9. The van der Waals surface area contributed by atoms with E-state index in [2.05, 4.69) is 10.3 Å². The molecular formula is C9H10FN3O. The van der Waals surface area contributed by atoms with Crippen molar-refractivity contribution in [3.8, 4) is 0 Å². The van der Waals surface area contributed by atoms with Gasteiger partial charge in [-0.2, -0.15) is 0 Å². The van der Waals surface area contributed by atoms with Gasteiger partial charge in [-0.3, -0.25) is 4.79 Å². The predicted octanol–water partition coefficient (Wildman–Crippen LogP) is 0.999. The second-order valence-electron chi connectivity index (χ2n) is 3.15. The molecule has 0 fully saturated rings. The fraction of sp³-hybridized carbons (Fsp3) is 0.333. The van der Waals surface area contributed by atoms with E-state index >= 15 is 0 Å². The first-order chi connectivity index (χ1) is 6.68. The van der Waals surface area contributed by atoms with Crippen LogP contribution in [0.3, 0.4) is 0 Å². The van der Waals surface area contributed by atoms with Crippen molar-refractivity contribution in [1.29, 1.82) is 0 Å². The van der Waals surface area contributed by atoms with Crippen LogP contribution in [-0.2, 0) is 4.79 Å². The lowest BCUT2D eigenvalue weighted by molar-refractivity contribution is -0.118. The molecule has 4 nitrogen and oxygen atoms in total. The lowest BCUT2D eigenvalue weighted by atomic mass is 10.3. The Bertz CT molecular complexity index is 380. The fourth-order valence-corrected chi connectivity index (χ4v) is 1.41. The third-order valence-electron chi connectivity index (χ3n) is 2.20. The molecule has 0 atom stereocenters. The molecule has 1 N–H and O–H groups in total. The number of carbonyl (C=O) groups excluding carboxylic acids is 1. The number of pyridine rings is 1. The molecule has 0 saturated carbocycles. The van der Waals surface area contributed by atoms with Gasteiger partial charge in [0.2, 0.25) is 5.91 Å². The van der Waals surface area contributed by atoms with Crippen molar-refractivity contribution in [3.05, 3.63) is 18.1 Å². The summed E-state index contributed by atoms with van der Waals surface area (Å²) < 4.78 is 12.9. The Kier molecular flexibility index (Phi) is 2.07. The minimum atomic E-state index is -0.438. The molecule has 74 valence electrons. The Labute approximate surface area is 80.7 Å². The number of rotatable bonds is 0. The summed E-state index contributed by atoms with van der Waals surface area (Å²) in [5.74, 6) is 0.0792. The number of halogens is 1. The Balaban J connectivity index is 2.49. The smallest absolute Gasteiger partial charge is 0.228 e. The highest BCUT2D eigenvalue weighted by molar-refractivity contribution is 5.96. The maximum absolute atomic E-state index is 12.9. The van der Waals surface area contributed by atoms with Gasteiger partial charge in [-0.1, -0.05) is 0 Å². The van der Waals surface area contributed by atoms with Crippen LogP contribution < -0.4 is 10.2 Å². The van der Waals surface area contributed by atoms with Crippen LogP contribution in [0.5, 0.6) is 0 Å². The SMILES string of the molecule is CN1C(=O)CCNc2ncc(F)cc21. The molecule has 0 aromatic carbocycles. The van der Waals surface area contributed by atoms with E-state index in [9.17, 15) is 9.18 Å². The van der Waals surface area contributed by atoms with Crippen LogP contribution >= 0.6 is 0 Å². The highest BCUT2D eigenvalue weighted by Gasteiger charge is 2.19. The van der Waals surface area contributed by atoms with Gasteiger partial charge in [-0.05, 0) is 0 Å². The van der Waals surface area contributed by atoms with Crippen molar-refractivity contribution in [1.82, 2.24) is 4.98 Å². The number of hydrogen-bond donors (Lipinski definition) is 1. The largest absolute Gasteiger partial charge is 0.368 e. The molecule has 0 spiro atoms. The molecule has 0 aliphatic carbocycles. The quantitative estimate of drug-likeness (QED) is 0.671. The molecule has 1 aliphatic rings. The van der Waals surface area contributed by atoms with Crippen LogP contribution in [0.4, 0.5) is 15.9 Å². The van der Waals surface area contributed by atoms with Crippen molar-refractivity contribution in [3.63, 3.8) is 0 Å². The Morgan fingerprint density at radius 1 is 1.64 bits per heavy atom. The number of aromatic nitrogens is 1. The summed E-state index contributed by atoms with van der Waals surface area (Å²) in [4.78, 5) is 16.7. The van der Waals surface area contributed by atoms with E-state index in [0.717, 1.165) is 6.20 Å². The summed E-state index contributed by atoms with van der Waals surface area (Å²) in [5, 5.41) is 2.97. The van der Waals surface area contributed by atoms with Crippen LogP contribution in [0.25, 0.3) is 0 Å². The second-order valence-corrected chi connectivity index (χ2v) is 3.15.